The van der Waals surface area contributed by atoms with Crippen LogP contribution in [-0.2, 0) is 0 Å². The third kappa shape index (κ3) is 20.1. The van der Waals surface area contributed by atoms with Gasteiger partial charge in [0.05, 0.1) is 0 Å². The van der Waals surface area contributed by atoms with Crippen molar-refractivity contribution in [1.82, 2.24) is 0 Å². The van der Waals surface area contributed by atoms with E-state index in [1.807, 2.05) is 0 Å². The van der Waals surface area contributed by atoms with Crippen LogP contribution in [0, 0.1) is 142 Å². The van der Waals surface area contributed by atoms with Crippen LogP contribution in [0.3, 0.4) is 0 Å². The molecule has 0 nitrogen and oxygen atoms in total. The van der Waals surface area contributed by atoms with Gasteiger partial charge in [-0.2, -0.15) is 0 Å². The van der Waals surface area contributed by atoms with Crippen LogP contribution < -0.4 is 0 Å². The van der Waals surface area contributed by atoms with Crippen LogP contribution in [0.4, 0.5) is 0 Å². The van der Waals surface area contributed by atoms with E-state index >= 15 is 0 Å². The highest BCUT2D eigenvalue weighted by Gasteiger charge is 2.57. The minimum absolute atomic E-state index is 1.11. The smallest absolute Gasteiger partial charge is 0.0352 e. The highest BCUT2D eigenvalue weighted by atomic mass is 14.6. The molecule has 18 bridgehead atoms. The molecule has 0 spiro atoms. The first kappa shape index (κ1) is 67.6. The van der Waals surface area contributed by atoms with Crippen LogP contribution in [0.1, 0.15) is 417 Å². The van der Waals surface area contributed by atoms with Crippen molar-refractivity contribution in [2.24, 2.45) is 142 Å². The first-order valence-electron chi connectivity index (χ1n) is 44.0. The topological polar surface area (TPSA) is 0 Å². The summed E-state index contributed by atoms with van der Waals surface area (Å²) in [5.74, 6) is 28.1. The minimum atomic E-state index is 1.11. The van der Waals surface area contributed by atoms with Gasteiger partial charge in [0.25, 0.3) is 0 Å². The van der Waals surface area contributed by atoms with Gasteiger partial charge in [0.1, 0.15) is 0 Å². The molecule has 89 heavy (non-hydrogen) atoms. The summed E-state index contributed by atoms with van der Waals surface area (Å²) in [7, 11) is 0. The standard InChI is InChI=1S/C12H22.2C11H20.C10H16.2C10H18.C9H14.C8H12.C8H14/c1-2-6-12-9-3-7-11(5-1)8-4-10-12;1-4-10-6-2-7-11(5-1)9-3-8-10;1-2-5-11-7-3-6-10(4-1)8-9-11;1-2-9-7-4-5-8(6-7)10(9)3-1;1-3-9-5-2-6-10(4-1)8-7-9;1-2-4-10-7-5-9(3-1)6-8-10;1-2-7-5-6(1)8-3-4-9(7)8;1-2-6-3-5(1)7-4-8(6)7;1-2-8-5-3-7(1)4-6-8/h11-12H,1-10H2;2*10-11H,1-9H2;7-10H,1-6H2;2*9-10H,1-8H2;6-9H,1-5H2;5-8H,1-4H2;7-8H,1-6H2. The molecule has 14 unspecified atom stereocenters. The summed E-state index contributed by atoms with van der Waals surface area (Å²) in [6.07, 6.45) is 101. The summed E-state index contributed by atoms with van der Waals surface area (Å²) in [6.45, 7) is 0. The molecular weight excluding hydrogens is 1070 g/mol. The predicted octanol–water partition coefficient (Wildman–Crippen LogP) is 28.3. The maximum atomic E-state index is 1.62. The average Bonchev–Trinajstić information content (AvgIpc) is 1.62. The highest BCUT2D eigenvalue weighted by Crippen LogP contribution is 2.66. The van der Waals surface area contributed by atoms with Gasteiger partial charge < -0.3 is 0 Å². The fourth-order valence-corrected chi connectivity index (χ4v) is 27.4. The molecule has 25 rings (SSSR count). The lowest BCUT2D eigenvalue weighted by Gasteiger charge is -2.40. The molecule has 25 fully saturated rings. The number of hydrogen-bond acceptors (Lipinski definition) is 0. The quantitative estimate of drug-likeness (QED) is 0.227. The van der Waals surface area contributed by atoms with Crippen molar-refractivity contribution < 1.29 is 0 Å². The van der Waals surface area contributed by atoms with Gasteiger partial charge in [-0.3, -0.25) is 0 Å². The number of hydrogen-bond donors (Lipinski definition) is 0. The number of fused-ring (bicyclic) bond motifs is 42. The maximum absolute atomic E-state index is 1.62. The van der Waals surface area contributed by atoms with E-state index in [1.165, 1.54) is 161 Å². The normalized spacial score (nSPS) is 46.7. The van der Waals surface area contributed by atoms with Crippen molar-refractivity contribution >= 4 is 0 Å². The van der Waals surface area contributed by atoms with E-state index in [0.717, 1.165) is 71.0 Å². The van der Waals surface area contributed by atoms with E-state index in [1.54, 1.807) is 327 Å². The summed E-state index contributed by atoms with van der Waals surface area (Å²) in [6, 6.07) is 0. The summed E-state index contributed by atoms with van der Waals surface area (Å²) in [4.78, 5) is 0. The molecule has 0 amide bonds. The van der Waals surface area contributed by atoms with Gasteiger partial charge in [-0.1, -0.05) is 327 Å². The monoisotopic (exact) mass is 1220 g/mol. The summed E-state index contributed by atoms with van der Waals surface area (Å²) in [5.41, 5.74) is 0. The Balaban J connectivity index is 0.0000000923. The van der Waals surface area contributed by atoms with E-state index in [9.17, 15) is 0 Å². The van der Waals surface area contributed by atoms with Crippen LogP contribution in [0.5, 0.6) is 0 Å². The van der Waals surface area contributed by atoms with Crippen molar-refractivity contribution in [2.45, 2.75) is 417 Å². The van der Waals surface area contributed by atoms with Crippen molar-refractivity contribution in [3.05, 3.63) is 0 Å². The fourth-order valence-electron chi connectivity index (χ4n) is 27.4. The zero-order valence-electron chi connectivity index (χ0n) is 59.8. The Morgan fingerprint density at radius 3 is 0.427 bits per heavy atom. The van der Waals surface area contributed by atoms with Crippen molar-refractivity contribution in [3.8, 4) is 0 Å². The molecule has 510 valence electrons. The lowest BCUT2D eigenvalue weighted by atomic mass is 9.66. The average molecular weight is 1220 g/mol. The Bertz CT molecular complexity index is 1710. The van der Waals surface area contributed by atoms with Crippen molar-refractivity contribution in [1.29, 1.82) is 0 Å². The molecule has 0 aromatic heterocycles. The molecule has 0 aromatic rings. The summed E-state index contributed by atoms with van der Waals surface area (Å²) < 4.78 is 0. The Morgan fingerprint density at radius 1 is 0.0899 bits per heavy atom. The number of rotatable bonds is 0. The Morgan fingerprint density at radius 2 is 0.236 bits per heavy atom. The predicted molar refractivity (Wildman–Crippen MR) is 384 cm³/mol. The highest BCUT2D eigenvalue weighted by molar-refractivity contribution is 5.06. The maximum Gasteiger partial charge on any atom is -0.0352 e. The Hall–Kier alpha value is 0. The summed E-state index contributed by atoms with van der Waals surface area (Å²) >= 11 is 0. The zero-order chi connectivity index (χ0) is 59.8. The van der Waals surface area contributed by atoms with Crippen LogP contribution in [0.15, 0.2) is 0 Å². The van der Waals surface area contributed by atoms with Crippen LogP contribution >= 0.6 is 0 Å². The first-order chi connectivity index (χ1) is 44.0. The van der Waals surface area contributed by atoms with Gasteiger partial charge in [-0.15, -0.1) is 0 Å². The molecule has 0 radical (unpaired) electrons. The molecule has 25 saturated carbocycles. The van der Waals surface area contributed by atoms with Gasteiger partial charge in [0.15, 0.2) is 0 Å². The van der Waals surface area contributed by atoms with Crippen molar-refractivity contribution in [3.63, 3.8) is 0 Å². The molecule has 14 atom stereocenters. The molecule has 0 saturated heterocycles. The third-order valence-electron chi connectivity index (χ3n) is 33.2. The van der Waals surface area contributed by atoms with Gasteiger partial charge in [-0.25, -0.2) is 0 Å². The fraction of sp³-hybridized carbons (Fsp3) is 1.00. The minimum Gasteiger partial charge on any atom is -0.0530 e. The lowest BCUT2D eigenvalue weighted by molar-refractivity contribution is 0.103. The Kier molecular flexibility index (Phi) is 26.9. The van der Waals surface area contributed by atoms with Crippen LogP contribution in [0.2, 0.25) is 0 Å². The van der Waals surface area contributed by atoms with Gasteiger partial charge >= 0.3 is 0 Å². The Labute approximate surface area is 556 Å². The lowest BCUT2D eigenvalue weighted by Crippen LogP contribution is -2.31. The van der Waals surface area contributed by atoms with E-state index in [2.05, 4.69) is 0 Å². The SMILES string of the molecule is C1CC2C3CCC(C3)C2C1.C1CC2CC1C1CC21.C1CC2CC1C1CCC21.C1CC2CCC1CC2.C1CC2CCCC(C1)CC2.C1CC2CCCC(C1)CCC2.C1CCC2CCC(C1)CC2.C1CCC2CCCC(C1)CC2.C1CCC2CCCC(C1)CCC2. The van der Waals surface area contributed by atoms with Crippen LogP contribution in [0.25, 0.3) is 0 Å². The van der Waals surface area contributed by atoms with Gasteiger partial charge in [0, 0.05) is 0 Å². The third-order valence-corrected chi connectivity index (χ3v) is 33.2. The second-order valence-electron chi connectivity index (χ2n) is 38.5. The van der Waals surface area contributed by atoms with E-state index in [4.69, 9.17) is 0 Å². The molecule has 0 heteroatoms. The van der Waals surface area contributed by atoms with Crippen molar-refractivity contribution in [2.75, 3.05) is 0 Å². The zero-order valence-corrected chi connectivity index (χ0v) is 59.8. The summed E-state index contributed by atoms with van der Waals surface area (Å²) in [5, 5.41) is 0. The molecule has 0 N–H and O–H groups in total. The second kappa shape index (κ2) is 35.5. The molecule has 25 aliphatic carbocycles. The van der Waals surface area contributed by atoms with Gasteiger partial charge in [0.2, 0.25) is 0 Å². The van der Waals surface area contributed by atoms with E-state index in [-0.39, 0.29) is 0 Å². The van der Waals surface area contributed by atoms with Gasteiger partial charge in [-0.05, 0) is 232 Å². The van der Waals surface area contributed by atoms with Crippen LogP contribution in [-0.4, -0.2) is 0 Å². The van der Waals surface area contributed by atoms with E-state index in [0.29, 0.717) is 0 Å². The molecular formula is C89H154. The second-order valence-corrected chi connectivity index (χ2v) is 38.5. The molecule has 25 aliphatic rings. The van der Waals surface area contributed by atoms with E-state index < -0.39 is 0 Å². The largest absolute Gasteiger partial charge is 0.0530 e. The molecule has 0 heterocycles. The first-order valence-corrected chi connectivity index (χ1v) is 44.0. The molecule has 0 aromatic carbocycles. The molecule has 0 aliphatic heterocycles.